The molecule has 1 aliphatic rings. The molecule has 4 N–H and O–H groups in total. The third kappa shape index (κ3) is 8.09. The van der Waals surface area contributed by atoms with E-state index in [1.807, 2.05) is 12.1 Å². The number of nitrogens with one attached hydrogen (secondary N) is 4. The molecule has 0 radical (unpaired) electrons. The highest BCUT2D eigenvalue weighted by Crippen LogP contribution is 2.34. The van der Waals surface area contributed by atoms with Crippen LogP contribution in [0, 0.1) is 0 Å². The fourth-order valence-electron chi connectivity index (χ4n) is 5.20. The molecule has 0 bridgehead atoms. The van der Waals surface area contributed by atoms with Crippen LogP contribution in [0.3, 0.4) is 0 Å². The van der Waals surface area contributed by atoms with Crippen LogP contribution in [0.25, 0.3) is 0 Å². The Morgan fingerprint density at radius 2 is 1.60 bits per heavy atom. The highest BCUT2D eigenvalue weighted by molar-refractivity contribution is 6.03. The first-order valence-corrected chi connectivity index (χ1v) is 13.9. The second-order valence-corrected chi connectivity index (χ2v) is 10.2. The van der Waals surface area contributed by atoms with Crippen molar-refractivity contribution in [3.8, 4) is 5.75 Å². The lowest BCUT2D eigenvalue weighted by Gasteiger charge is -2.24. The van der Waals surface area contributed by atoms with Gasteiger partial charge in [0.25, 0.3) is 11.9 Å². The fraction of sp³-hybridized carbons (Fsp3) is 0.300. The summed E-state index contributed by atoms with van der Waals surface area (Å²) < 4.78 is 42.6. The first-order chi connectivity index (χ1) is 20.7. The summed E-state index contributed by atoms with van der Waals surface area (Å²) >= 11 is 0. The van der Waals surface area contributed by atoms with Crippen LogP contribution >= 0.6 is 0 Å². The minimum atomic E-state index is -4.86. The summed E-state index contributed by atoms with van der Waals surface area (Å²) in [4.78, 5) is 25.6. The predicted molar refractivity (Wildman–Crippen MR) is 151 cm³/mol. The summed E-state index contributed by atoms with van der Waals surface area (Å²) in [5.41, 5.74) is 3.25. The van der Waals surface area contributed by atoms with Gasteiger partial charge < -0.3 is 15.4 Å². The lowest BCUT2D eigenvalue weighted by atomic mass is 9.83. The number of urea groups is 1. The number of aromatic nitrogens is 4. The zero-order valence-electron chi connectivity index (χ0n) is 23.0. The van der Waals surface area contributed by atoms with Crippen molar-refractivity contribution in [3.63, 3.8) is 0 Å². The number of nitrogens with zero attached hydrogens (tertiary/aromatic N) is 3. The SMILES string of the molecule is O=C(NCc1ccccc1OC(F)(F)F)NC(c1ccc(C(=O)Nc2nn[nH]n2)cc1)c1ccc(C2CCCCC2)cc1. The van der Waals surface area contributed by atoms with Crippen LogP contribution in [-0.2, 0) is 6.54 Å². The zero-order chi connectivity index (χ0) is 30.2. The summed E-state index contributed by atoms with van der Waals surface area (Å²) in [6.07, 6.45) is 1.11. The number of tetrazole rings is 1. The number of carbonyl (C=O) groups excluding carboxylic acids is 2. The number of amides is 3. The van der Waals surface area contributed by atoms with Crippen molar-refractivity contribution in [2.75, 3.05) is 5.32 Å². The van der Waals surface area contributed by atoms with Gasteiger partial charge in [-0.1, -0.05) is 79.0 Å². The van der Waals surface area contributed by atoms with Gasteiger partial charge in [-0.05, 0) is 58.9 Å². The van der Waals surface area contributed by atoms with E-state index in [0.717, 1.165) is 18.4 Å². The number of para-hydroxylation sites is 1. The van der Waals surface area contributed by atoms with Crippen molar-refractivity contribution in [1.29, 1.82) is 0 Å². The lowest BCUT2D eigenvalue weighted by Crippen LogP contribution is -2.38. The van der Waals surface area contributed by atoms with Gasteiger partial charge >= 0.3 is 12.4 Å². The van der Waals surface area contributed by atoms with Crippen LogP contribution < -0.4 is 20.7 Å². The van der Waals surface area contributed by atoms with E-state index in [1.165, 1.54) is 43.0 Å². The standard InChI is InChI=1S/C30H30F3N7O3/c31-30(32,33)43-25-9-5-4-8-24(25)18-34-29(42)35-26(21-12-10-20(11-13-21)19-6-2-1-3-7-19)22-14-16-23(17-15-22)27(41)36-28-37-39-40-38-28/h4-5,8-17,19,26H,1-3,6-7,18H2,(H2,34,35,42)(H2,36,37,38,39,40,41). The second-order valence-electron chi connectivity index (χ2n) is 10.2. The Balaban J connectivity index is 1.33. The first-order valence-electron chi connectivity index (χ1n) is 13.9. The molecule has 1 atom stereocenters. The normalized spacial score (nSPS) is 14.5. The van der Waals surface area contributed by atoms with Gasteiger partial charge in [0.05, 0.1) is 6.04 Å². The molecule has 0 spiro atoms. The van der Waals surface area contributed by atoms with Crippen LogP contribution in [0.1, 0.15) is 76.7 Å². The molecule has 0 saturated heterocycles. The molecule has 1 saturated carbocycles. The minimum Gasteiger partial charge on any atom is -0.405 e. The van der Waals surface area contributed by atoms with Gasteiger partial charge in [0.1, 0.15) is 5.75 Å². The molecule has 13 heteroatoms. The molecule has 3 aromatic carbocycles. The quantitative estimate of drug-likeness (QED) is 0.189. The summed E-state index contributed by atoms with van der Waals surface area (Å²) in [5, 5.41) is 21.1. The van der Waals surface area contributed by atoms with Crippen molar-refractivity contribution >= 4 is 17.9 Å². The number of halogens is 3. The molecule has 5 rings (SSSR count). The molecule has 1 heterocycles. The van der Waals surface area contributed by atoms with Crippen molar-refractivity contribution in [1.82, 2.24) is 31.3 Å². The molecule has 1 fully saturated rings. The average molecular weight is 594 g/mol. The van der Waals surface area contributed by atoms with E-state index in [0.29, 0.717) is 17.0 Å². The van der Waals surface area contributed by atoms with E-state index in [4.69, 9.17) is 0 Å². The van der Waals surface area contributed by atoms with Gasteiger partial charge in [-0.3, -0.25) is 10.1 Å². The summed E-state index contributed by atoms with van der Waals surface area (Å²) in [6.45, 7) is -0.194. The molecule has 43 heavy (non-hydrogen) atoms. The summed E-state index contributed by atoms with van der Waals surface area (Å²) in [5.74, 6) is -0.286. The van der Waals surface area contributed by atoms with E-state index in [1.54, 1.807) is 30.3 Å². The minimum absolute atomic E-state index is 0.0329. The Morgan fingerprint density at radius 3 is 2.26 bits per heavy atom. The number of aromatic amines is 1. The van der Waals surface area contributed by atoms with E-state index >= 15 is 0 Å². The molecule has 10 nitrogen and oxygen atoms in total. The molecule has 4 aromatic rings. The monoisotopic (exact) mass is 593 g/mol. The Bertz CT molecular complexity index is 1510. The summed E-state index contributed by atoms with van der Waals surface area (Å²) in [7, 11) is 0. The van der Waals surface area contributed by atoms with E-state index in [2.05, 4.69) is 53.4 Å². The number of hydrogen-bond donors (Lipinski definition) is 4. The van der Waals surface area contributed by atoms with Crippen molar-refractivity contribution < 1.29 is 27.5 Å². The third-order valence-corrected chi connectivity index (χ3v) is 7.34. The molecular formula is C30H30F3N7O3. The van der Waals surface area contributed by atoms with Gasteiger partial charge in [0, 0.05) is 17.7 Å². The maximum Gasteiger partial charge on any atom is 0.573 e. The van der Waals surface area contributed by atoms with Crippen molar-refractivity contribution in [2.45, 2.75) is 57.0 Å². The molecule has 0 aliphatic heterocycles. The second kappa shape index (κ2) is 13.4. The van der Waals surface area contributed by atoms with Crippen LogP contribution in [0.5, 0.6) is 5.75 Å². The molecule has 1 aliphatic carbocycles. The van der Waals surface area contributed by atoms with Gasteiger partial charge in [-0.25, -0.2) is 4.79 Å². The average Bonchev–Trinajstić information content (AvgIpc) is 3.52. The number of anilines is 1. The Kier molecular flexibility index (Phi) is 9.18. The van der Waals surface area contributed by atoms with Crippen LogP contribution in [0.4, 0.5) is 23.9 Å². The zero-order valence-corrected chi connectivity index (χ0v) is 23.0. The predicted octanol–water partition coefficient (Wildman–Crippen LogP) is 5.99. The smallest absolute Gasteiger partial charge is 0.405 e. The van der Waals surface area contributed by atoms with E-state index in [-0.39, 0.29) is 23.8 Å². The Labute approximate surface area is 245 Å². The molecular weight excluding hydrogens is 563 g/mol. The highest BCUT2D eigenvalue weighted by Gasteiger charge is 2.32. The fourth-order valence-corrected chi connectivity index (χ4v) is 5.20. The van der Waals surface area contributed by atoms with Crippen LogP contribution in [0.15, 0.2) is 72.8 Å². The van der Waals surface area contributed by atoms with E-state index in [9.17, 15) is 22.8 Å². The molecule has 3 amide bonds. The number of benzene rings is 3. The topological polar surface area (TPSA) is 134 Å². The number of hydrogen-bond acceptors (Lipinski definition) is 6. The first kappa shape index (κ1) is 29.5. The molecule has 1 unspecified atom stereocenters. The largest absolute Gasteiger partial charge is 0.573 e. The van der Waals surface area contributed by atoms with Crippen LogP contribution in [0.2, 0.25) is 0 Å². The van der Waals surface area contributed by atoms with Gasteiger partial charge in [0.15, 0.2) is 0 Å². The van der Waals surface area contributed by atoms with E-state index < -0.39 is 24.3 Å². The Hall–Kier alpha value is -4.94. The molecule has 224 valence electrons. The van der Waals surface area contributed by atoms with Gasteiger partial charge in [0.2, 0.25) is 0 Å². The van der Waals surface area contributed by atoms with Gasteiger partial charge in [-0.15, -0.1) is 18.3 Å². The maximum atomic E-state index is 13.1. The third-order valence-electron chi connectivity index (χ3n) is 7.34. The highest BCUT2D eigenvalue weighted by atomic mass is 19.4. The maximum absolute atomic E-state index is 13.1. The lowest BCUT2D eigenvalue weighted by molar-refractivity contribution is -0.274. The molecule has 1 aromatic heterocycles. The van der Waals surface area contributed by atoms with Crippen molar-refractivity contribution in [3.05, 3.63) is 101 Å². The van der Waals surface area contributed by atoms with Crippen LogP contribution in [-0.4, -0.2) is 38.9 Å². The van der Waals surface area contributed by atoms with Crippen molar-refractivity contribution in [2.24, 2.45) is 0 Å². The van der Waals surface area contributed by atoms with Gasteiger partial charge in [-0.2, -0.15) is 5.21 Å². The summed E-state index contributed by atoms with van der Waals surface area (Å²) in [6, 6.07) is 19.2. The number of H-pyrrole nitrogens is 1. The number of ether oxygens (including phenoxy) is 1. The number of alkyl halides is 3. The number of rotatable bonds is 9. The Morgan fingerprint density at radius 1 is 0.930 bits per heavy atom. The number of carbonyl (C=O) groups is 2.